The number of aryl methyl sites for hydroxylation is 1. The lowest BCUT2D eigenvalue weighted by Gasteiger charge is -2.12. The number of hydrogen-bond acceptors (Lipinski definition) is 2. The van der Waals surface area contributed by atoms with Gasteiger partial charge in [-0.15, -0.1) is 0 Å². The molecule has 0 aliphatic rings. The number of ketones is 1. The summed E-state index contributed by atoms with van der Waals surface area (Å²) in [6.07, 6.45) is 0. The molecule has 16 heavy (non-hydrogen) atoms. The molecule has 1 aromatic rings. The van der Waals surface area contributed by atoms with Crippen LogP contribution in [0.25, 0.3) is 0 Å². The van der Waals surface area contributed by atoms with Crippen LogP contribution in [-0.4, -0.2) is 17.7 Å². The first kappa shape index (κ1) is 13.2. The summed E-state index contributed by atoms with van der Waals surface area (Å²) in [5.74, 6) is -0.244. The number of halogens is 1. The number of carbonyl (C=O) groups is 2. The minimum absolute atomic E-state index is 0.0454. The number of amides is 1. The average Bonchev–Trinajstić information content (AvgIpc) is 2.21. The molecule has 86 valence electrons. The van der Waals surface area contributed by atoms with Crippen molar-refractivity contribution >= 4 is 34.3 Å². The summed E-state index contributed by atoms with van der Waals surface area (Å²) in [7, 11) is 0. The predicted octanol–water partition coefficient (Wildman–Crippen LogP) is 2.31. The van der Waals surface area contributed by atoms with E-state index in [1.165, 1.54) is 6.92 Å². The third-order valence-electron chi connectivity index (χ3n) is 2.39. The van der Waals surface area contributed by atoms with Crippen LogP contribution in [0.2, 0.25) is 0 Å². The fraction of sp³-hybridized carbons (Fsp3) is 0.333. The quantitative estimate of drug-likeness (QED) is 0.864. The molecule has 0 heterocycles. The first-order valence-corrected chi connectivity index (χ1v) is 6.07. The van der Waals surface area contributed by atoms with Crippen LogP contribution in [0, 0.1) is 10.5 Å². The summed E-state index contributed by atoms with van der Waals surface area (Å²) in [6.45, 7) is 5.10. The zero-order chi connectivity index (χ0) is 12.3. The van der Waals surface area contributed by atoms with E-state index in [9.17, 15) is 9.59 Å². The molecular weight excluding hydrogens is 317 g/mol. The Bertz CT molecular complexity index is 429. The van der Waals surface area contributed by atoms with Crippen molar-refractivity contribution in [3.05, 3.63) is 32.9 Å². The van der Waals surface area contributed by atoms with Crippen molar-refractivity contribution in [1.29, 1.82) is 0 Å². The van der Waals surface area contributed by atoms with Crippen LogP contribution in [0.5, 0.6) is 0 Å². The molecule has 3 nitrogen and oxygen atoms in total. The molecule has 0 aliphatic heterocycles. The van der Waals surface area contributed by atoms with Gasteiger partial charge in [-0.2, -0.15) is 0 Å². The van der Waals surface area contributed by atoms with Crippen molar-refractivity contribution in [2.45, 2.75) is 26.8 Å². The molecule has 0 saturated carbocycles. The fourth-order valence-electron chi connectivity index (χ4n) is 1.20. The fourth-order valence-corrected chi connectivity index (χ4v) is 1.80. The molecule has 0 radical (unpaired) electrons. The van der Waals surface area contributed by atoms with Gasteiger partial charge in [0.1, 0.15) is 0 Å². The lowest BCUT2D eigenvalue weighted by atomic mass is 10.1. The number of nitrogens with one attached hydrogen (secondary N) is 1. The monoisotopic (exact) mass is 331 g/mol. The maximum Gasteiger partial charge on any atom is 0.252 e. The minimum Gasteiger partial charge on any atom is -0.342 e. The normalized spacial score (nSPS) is 12.0. The molecule has 0 spiro atoms. The van der Waals surface area contributed by atoms with Crippen LogP contribution in [-0.2, 0) is 4.79 Å². The minimum atomic E-state index is -0.441. The van der Waals surface area contributed by atoms with Gasteiger partial charge >= 0.3 is 0 Å². The van der Waals surface area contributed by atoms with Crippen LogP contribution in [0.15, 0.2) is 18.2 Å². The van der Waals surface area contributed by atoms with Crippen LogP contribution in [0.1, 0.15) is 29.8 Å². The number of Topliss-reactive ketones (excluding diaryl/α,β-unsaturated/α-hetero) is 1. The van der Waals surface area contributed by atoms with E-state index >= 15 is 0 Å². The highest BCUT2D eigenvalue weighted by atomic mass is 127. The molecule has 0 bridgehead atoms. The third kappa shape index (κ3) is 3.04. The summed E-state index contributed by atoms with van der Waals surface area (Å²) in [5.41, 5.74) is 1.68. The topological polar surface area (TPSA) is 46.2 Å². The number of rotatable bonds is 3. The van der Waals surface area contributed by atoms with Crippen molar-refractivity contribution in [1.82, 2.24) is 5.32 Å². The van der Waals surface area contributed by atoms with Crippen molar-refractivity contribution in [3.8, 4) is 0 Å². The van der Waals surface area contributed by atoms with Crippen LogP contribution >= 0.6 is 22.6 Å². The SMILES string of the molecule is CC(=O)C(C)NC(=O)c1cccc(C)c1I. The summed E-state index contributed by atoms with van der Waals surface area (Å²) in [4.78, 5) is 22.9. The highest BCUT2D eigenvalue weighted by Gasteiger charge is 2.15. The van der Waals surface area contributed by atoms with Gasteiger partial charge < -0.3 is 5.32 Å². The van der Waals surface area contributed by atoms with E-state index < -0.39 is 6.04 Å². The maximum absolute atomic E-state index is 11.9. The van der Waals surface area contributed by atoms with Gasteiger partial charge in [0.25, 0.3) is 5.91 Å². The highest BCUT2D eigenvalue weighted by molar-refractivity contribution is 14.1. The first-order chi connectivity index (χ1) is 7.43. The lowest BCUT2D eigenvalue weighted by molar-refractivity contribution is -0.118. The molecule has 0 saturated heterocycles. The van der Waals surface area contributed by atoms with Gasteiger partial charge in [-0.1, -0.05) is 12.1 Å². The van der Waals surface area contributed by atoms with Crippen LogP contribution in [0.4, 0.5) is 0 Å². The Kier molecular flexibility index (Phi) is 4.46. The van der Waals surface area contributed by atoms with Gasteiger partial charge in [-0.3, -0.25) is 9.59 Å². The molecule has 1 N–H and O–H groups in total. The first-order valence-electron chi connectivity index (χ1n) is 5.00. The second-order valence-corrected chi connectivity index (χ2v) is 4.82. The molecule has 1 aromatic carbocycles. The molecule has 0 aromatic heterocycles. The van der Waals surface area contributed by atoms with Gasteiger partial charge in [0.2, 0.25) is 0 Å². The number of carbonyl (C=O) groups excluding carboxylic acids is 2. The smallest absolute Gasteiger partial charge is 0.252 e. The second kappa shape index (κ2) is 5.43. The van der Waals surface area contributed by atoms with Gasteiger partial charge in [-0.25, -0.2) is 0 Å². The van der Waals surface area contributed by atoms with E-state index in [2.05, 4.69) is 27.9 Å². The van der Waals surface area contributed by atoms with Crippen LogP contribution in [0.3, 0.4) is 0 Å². The Morgan fingerprint density at radius 3 is 2.56 bits per heavy atom. The molecule has 1 rings (SSSR count). The van der Waals surface area contributed by atoms with E-state index in [0.717, 1.165) is 9.13 Å². The zero-order valence-electron chi connectivity index (χ0n) is 9.50. The molecule has 1 amide bonds. The Labute approximate surface area is 109 Å². The van der Waals surface area contributed by atoms with E-state index in [-0.39, 0.29) is 11.7 Å². The van der Waals surface area contributed by atoms with Crippen molar-refractivity contribution in [3.63, 3.8) is 0 Å². The summed E-state index contributed by atoms with van der Waals surface area (Å²) < 4.78 is 0.924. The third-order valence-corrected chi connectivity index (χ3v) is 3.83. The average molecular weight is 331 g/mol. The lowest BCUT2D eigenvalue weighted by Crippen LogP contribution is -2.37. The predicted molar refractivity (Wildman–Crippen MR) is 71.5 cm³/mol. The van der Waals surface area contributed by atoms with Gasteiger partial charge in [0.15, 0.2) is 5.78 Å². The summed E-state index contributed by atoms with van der Waals surface area (Å²) in [6, 6.07) is 5.11. The van der Waals surface area contributed by atoms with Crippen molar-refractivity contribution in [2.24, 2.45) is 0 Å². The number of hydrogen-bond donors (Lipinski definition) is 1. The van der Waals surface area contributed by atoms with Gasteiger partial charge in [0.05, 0.1) is 11.6 Å². The standard InChI is InChI=1S/C12H14INO2/c1-7-5-4-6-10(11(7)13)12(16)14-8(2)9(3)15/h4-6,8H,1-3H3,(H,14,16). The highest BCUT2D eigenvalue weighted by Crippen LogP contribution is 2.16. The Balaban J connectivity index is 2.89. The molecular formula is C12H14INO2. The van der Waals surface area contributed by atoms with E-state index in [1.54, 1.807) is 13.0 Å². The van der Waals surface area contributed by atoms with Gasteiger partial charge in [0, 0.05) is 3.57 Å². The molecule has 1 unspecified atom stereocenters. The van der Waals surface area contributed by atoms with E-state index in [1.807, 2.05) is 19.1 Å². The second-order valence-electron chi connectivity index (χ2n) is 3.74. The van der Waals surface area contributed by atoms with E-state index in [0.29, 0.717) is 5.56 Å². The summed E-state index contributed by atoms with van der Waals surface area (Å²) >= 11 is 2.14. The molecule has 4 heteroatoms. The zero-order valence-corrected chi connectivity index (χ0v) is 11.7. The van der Waals surface area contributed by atoms with Gasteiger partial charge in [-0.05, 0) is 55.0 Å². The molecule has 0 aliphatic carbocycles. The molecule has 0 fully saturated rings. The summed E-state index contributed by atoms with van der Waals surface area (Å²) in [5, 5.41) is 2.67. The Morgan fingerprint density at radius 2 is 2.00 bits per heavy atom. The van der Waals surface area contributed by atoms with Crippen molar-refractivity contribution < 1.29 is 9.59 Å². The maximum atomic E-state index is 11.9. The van der Waals surface area contributed by atoms with Crippen LogP contribution < -0.4 is 5.32 Å². The van der Waals surface area contributed by atoms with E-state index in [4.69, 9.17) is 0 Å². The number of benzene rings is 1. The van der Waals surface area contributed by atoms with Crippen molar-refractivity contribution in [2.75, 3.05) is 0 Å². The molecule has 1 atom stereocenters. The Hall–Kier alpha value is -0.910. The largest absolute Gasteiger partial charge is 0.342 e. The Morgan fingerprint density at radius 1 is 1.38 bits per heavy atom.